The summed E-state index contributed by atoms with van der Waals surface area (Å²) in [6.07, 6.45) is 2.90. The van der Waals surface area contributed by atoms with Gasteiger partial charge in [-0.2, -0.15) is 0 Å². The lowest BCUT2D eigenvalue weighted by molar-refractivity contribution is 0.155. The van der Waals surface area contributed by atoms with Gasteiger partial charge in [0.1, 0.15) is 18.1 Å². The highest BCUT2D eigenvalue weighted by atomic mass is 79.9. The van der Waals surface area contributed by atoms with Crippen molar-refractivity contribution in [3.8, 4) is 0 Å². The second kappa shape index (κ2) is 5.97. The van der Waals surface area contributed by atoms with Crippen molar-refractivity contribution in [3.63, 3.8) is 0 Å². The summed E-state index contributed by atoms with van der Waals surface area (Å²) in [5.41, 5.74) is 1.68. The predicted molar refractivity (Wildman–Crippen MR) is 83.1 cm³/mol. The molecule has 0 atom stereocenters. The zero-order chi connectivity index (χ0) is 14.7. The van der Waals surface area contributed by atoms with E-state index in [0.29, 0.717) is 5.82 Å². The number of pyridine rings is 1. The number of nitrogens with zero attached hydrogens (tertiary/aromatic N) is 2. The Labute approximate surface area is 129 Å². The topological polar surface area (TPSA) is 55.6 Å². The van der Waals surface area contributed by atoms with Crippen molar-refractivity contribution < 1.29 is 9.53 Å². The first-order valence-electron chi connectivity index (χ1n) is 6.33. The summed E-state index contributed by atoms with van der Waals surface area (Å²) >= 11 is 3.38. The number of anilines is 1. The Bertz CT molecular complexity index is 771. The summed E-state index contributed by atoms with van der Waals surface area (Å²) in [5, 5.41) is 2.68. The minimum absolute atomic E-state index is 0.231. The summed E-state index contributed by atoms with van der Waals surface area (Å²) in [5.74, 6) is 0.565. The number of halogens is 1. The van der Waals surface area contributed by atoms with Gasteiger partial charge in [0.2, 0.25) is 0 Å². The Morgan fingerprint density at radius 3 is 2.90 bits per heavy atom. The number of fused-ring (bicyclic) bond motifs is 1. The Morgan fingerprint density at radius 2 is 2.10 bits per heavy atom. The van der Waals surface area contributed by atoms with Crippen LogP contribution in [0.25, 0.3) is 5.65 Å². The van der Waals surface area contributed by atoms with E-state index in [0.717, 1.165) is 15.7 Å². The molecule has 0 aliphatic carbocycles. The molecule has 2 heterocycles. The molecule has 5 nitrogen and oxygen atoms in total. The van der Waals surface area contributed by atoms with Crippen molar-refractivity contribution in [3.05, 3.63) is 64.9 Å². The van der Waals surface area contributed by atoms with Crippen molar-refractivity contribution in [1.82, 2.24) is 9.38 Å². The average molecular weight is 346 g/mol. The standard InChI is InChI=1S/C15H12BrN3O2/c16-12-6-7-19-13(8-12)17-9-14(19)18-15(20)21-10-11-4-2-1-3-5-11/h1-9H,10H2,(H,18,20). The number of rotatable bonds is 3. The van der Waals surface area contributed by atoms with E-state index in [-0.39, 0.29) is 6.61 Å². The molecule has 0 aliphatic heterocycles. The lowest BCUT2D eigenvalue weighted by Gasteiger charge is -2.06. The highest BCUT2D eigenvalue weighted by molar-refractivity contribution is 9.10. The number of benzene rings is 1. The number of imidazole rings is 1. The van der Waals surface area contributed by atoms with Crippen LogP contribution in [0, 0.1) is 0 Å². The van der Waals surface area contributed by atoms with E-state index < -0.39 is 6.09 Å². The summed E-state index contributed by atoms with van der Waals surface area (Å²) < 4.78 is 7.88. The predicted octanol–water partition coefficient (Wildman–Crippen LogP) is 3.85. The van der Waals surface area contributed by atoms with Gasteiger partial charge in [-0.3, -0.25) is 9.72 Å². The lowest BCUT2D eigenvalue weighted by atomic mass is 10.2. The van der Waals surface area contributed by atoms with Crippen LogP contribution in [0.3, 0.4) is 0 Å². The first-order chi connectivity index (χ1) is 10.2. The van der Waals surface area contributed by atoms with E-state index in [1.165, 1.54) is 0 Å². The first kappa shape index (κ1) is 13.6. The van der Waals surface area contributed by atoms with Crippen molar-refractivity contribution >= 4 is 33.5 Å². The molecule has 0 fully saturated rings. The van der Waals surface area contributed by atoms with E-state index in [9.17, 15) is 4.79 Å². The fraction of sp³-hybridized carbons (Fsp3) is 0.0667. The number of hydrogen-bond acceptors (Lipinski definition) is 3. The van der Waals surface area contributed by atoms with Gasteiger partial charge in [-0.25, -0.2) is 9.78 Å². The van der Waals surface area contributed by atoms with Crippen LogP contribution in [0.5, 0.6) is 0 Å². The molecule has 0 radical (unpaired) electrons. The smallest absolute Gasteiger partial charge is 0.413 e. The molecule has 0 bridgehead atoms. The van der Waals surface area contributed by atoms with E-state index in [2.05, 4.69) is 26.2 Å². The molecular weight excluding hydrogens is 334 g/mol. The Balaban J connectivity index is 1.66. The highest BCUT2D eigenvalue weighted by Crippen LogP contribution is 2.17. The van der Waals surface area contributed by atoms with Crippen LogP contribution in [0.15, 0.2) is 59.3 Å². The number of carbonyl (C=O) groups is 1. The number of nitrogens with one attached hydrogen (secondary N) is 1. The number of ether oxygens (including phenoxy) is 1. The molecule has 0 saturated carbocycles. The van der Waals surface area contributed by atoms with E-state index in [4.69, 9.17) is 4.74 Å². The largest absolute Gasteiger partial charge is 0.444 e. The molecular formula is C15H12BrN3O2. The average Bonchev–Trinajstić information content (AvgIpc) is 2.88. The molecule has 0 saturated heterocycles. The summed E-state index contributed by atoms with van der Waals surface area (Å²) in [7, 11) is 0. The van der Waals surface area contributed by atoms with Gasteiger partial charge in [0.05, 0.1) is 6.20 Å². The van der Waals surface area contributed by atoms with Crippen LogP contribution >= 0.6 is 15.9 Å². The highest BCUT2D eigenvalue weighted by Gasteiger charge is 2.08. The maximum Gasteiger partial charge on any atom is 0.413 e. The van der Waals surface area contributed by atoms with Gasteiger partial charge in [0.25, 0.3) is 0 Å². The number of amides is 1. The Morgan fingerprint density at radius 1 is 1.29 bits per heavy atom. The van der Waals surface area contributed by atoms with Crippen LogP contribution in [0.2, 0.25) is 0 Å². The van der Waals surface area contributed by atoms with Gasteiger partial charge in [0, 0.05) is 10.7 Å². The molecule has 106 valence electrons. The van der Waals surface area contributed by atoms with E-state index >= 15 is 0 Å². The fourth-order valence-electron chi connectivity index (χ4n) is 1.91. The minimum atomic E-state index is -0.511. The lowest BCUT2D eigenvalue weighted by Crippen LogP contribution is -2.14. The van der Waals surface area contributed by atoms with Crippen LogP contribution < -0.4 is 5.32 Å². The molecule has 3 aromatic rings. The van der Waals surface area contributed by atoms with Crippen molar-refractivity contribution in [2.45, 2.75) is 6.61 Å². The Kier molecular flexibility index (Phi) is 3.87. The van der Waals surface area contributed by atoms with Crippen molar-refractivity contribution in [2.75, 3.05) is 5.32 Å². The number of hydrogen-bond donors (Lipinski definition) is 1. The molecule has 1 amide bonds. The molecule has 0 unspecified atom stereocenters. The van der Waals surface area contributed by atoms with Gasteiger partial charge in [-0.15, -0.1) is 0 Å². The monoisotopic (exact) mass is 345 g/mol. The molecule has 2 aromatic heterocycles. The summed E-state index contributed by atoms with van der Waals surface area (Å²) in [6, 6.07) is 13.3. The second-order valence-electron chi connectivity index (χ2n) is 4.40. The van der Waals surface area contributed by atoms with Crippen LogP contribution in [-0.4, -0.2) is 15.5 Å². The van der Waals surface area contributed by atoms with Gasteiger partial charge in [0.15, 0.2) is 0 Å². The molecule has 0 aliphatic rings. The number of aromatic nitrogens is 2. The van der Waals surface area contributed by atoms with Gasteiger partial charge >= 0.3 is 6.09 Å². The third-order valence-electron chi connectivity index (χ3n) is 2.92. The zero-order valence-electron chi connectivity index (χ0n) is 11.0. The molecule has 21 heavy (non-hydrogen) atoms. The molecule has 1 N–H and O–H groups in total. The van der Waals surface area contributed by atoms with E-state index in [1.807, 2.05) is 48.7 Å². The number of carbonyl (C=O) groups excluding carboxylic acids is 1. The molecule has 6 heteroatoms. The summed E-state index contributed by atoms with van der Waals surface area (Å²) in [4.78, 5) is 16.0. The second-order valence-corrected chi connectivity index (χ2v) is 5.32. The van der Waals surface area contributed by atoms with Crippen molar-refractivity contribution in [2.24, 2.45) is 0 Å². The Hall–Kier alpha value is -2.34. The van der Waals surface area contributed by atoms with Gasteiger partial charge in [-0.05, 0) is 17.7 Å². The van der Waals surface area contributed by atoms with Crippen LogP contribution in [0.1, 0.15) is 5.56 Å². The van der Waals surface area contributed by atoms with Gasteiger partial charge < -0.3 is 4.74 Å². The molecule has 3 rings (SSSR count). The quantitative estimate of drug-likeness (QED) is 0.784. The van der Waals surface area contributed by atoms with Gasteiger partial charge in [-0.1, -0.05) is 46.3 Å². The minimum Gasteiger partial charge on any atom is -0.444 e. The molecule has 1 aromatic carbocycles. The molecule has 0 spiro atoms. The fourth-order valence-corrected chi connectivity index (χ4v) is 2.23. The van der Waals surface area contributed by atoms with Crippen LogP contribution in [-0.2, 0) is 11.3 Å². The zero-order valence-corrected chi connectivity index (χ0v) is 12.6. The van der Waals surface area contributed by atoms with Crippen molar-refractivity contribution in [1.29, 1.82) is 0 Å². The maximum absolute atomic E-state index is 11.8. The third kappa shape index (κ3) is 3.22. The summed E-state index contributed by atoms with van der Waals surface area (Å²) in [6.45, 7) is 0.231. The SMILES string of the molecule is O=C(Nc1cnc2cc(Br)ccn12)OCc1ccccc1. The first-order valence-corrected chi connectivity index (χ1v) is 7.12. The van der Waals surface area contributed by atoms with Crippen LogP contribution in [0.4, 0.5) is 10.6 Å². The third-order valence-corrected chi connectivity index (χ3v) is 3.41. The van der Waals surface area contributed by atoms with E-state index in [1.54, 1.807) is 10.6 Å². The normalized spacial score (nSPS) is 10.5. The maximum atomic E-state index is 11.8.